The highest BCUT2D eigenvalue weighted by Gasteiger charge is 2.34. The number of ether oxygens (including phenoxy) is 1. The third-order valence-electron chi connectivity index (χ3n) is 6.42. The number of carbonyl (C=O) groups is 2. The molecule has 2 amide bonds. The molecule has 0 aliphatic heterocycles. The molecule has 0 aromatic heterocycles. The van der Waals surface area contributed by atoms with Gasteiger partial charge in [0.25, 0.3) is 5.96 Å². The monoisotopic (exact) mass is 546 g/mol. The fourth-order valence-corrected chi connectivity index (χ4v) is 4.46. The lowest BCUT2D eigenvalue weighted by molar-refractivity contribution is -0.525. The Labute approximate surface area is 233 Å². The summed E-state index contributed by atoms with van der Waals surface area (Å²) < 4.78 is 5.24. The largest absolute Gasteiger partial charge is 0.497 e. The smallest absolute Gasteiger partial charge is 0.251 e. The number of nitrogens with two attached hydrogens (primary N) is 2. The van der Waals surface area contributed by atoms with Gasteiger partial charge in [0.1, 0.15) is 11.8 Å². The SMILES string of the molecule is COc1ccc(CCN(C(=O)C(c2ccccc2)c2ccccc2)[C@@H](CCCN=C(N)N[N+](=O)[O-])C(N)=O)cc1. The van der Waals surface area contributed by atoms with Crippen molar-refractivity contribution in [3.63, 3.8) is 0 Å². The van der Waals surface area contributed by atoms with Crippen molar-refractivity contribution in [3.05, 3.63) is 112 Å². The van der Waals surface area contributed by atoms with Gasteiger partial charge in [-0.1, -0.05) is 78.2 Å². The Bertz CT molecular complexity index is 1250. The van der Waals surface area contributed by atoms with E-state index in [9.17, 15) is 19.7 Å². The summed E-state index contributed by atoms with van der Waals surface area (Å²) in [4.78, 5) is 43.1. The average Bonchev–Trinajstić information content (AvgIpc) is 2.95. The Morgan fingerprint density at radius 1 is 0.975 bits per heavy atom. The van der Waals surface area contributed by atoms with E-state index in [1.165, 1.54) is 0 Å². The van der Waals surface area contributed by atoms with Crippen molar-refractivity contribution < 1.29 is 19.4 Å². The van der Waals surface area contributed by atoms with Gasteiger partial charge in [0.15, 0.2) is 5.03 Å². The molecule has 0 aliphatic rings. The van der Waals surface area contributed by atoms with E-state index in [0.717, 1.165) is 16.7 Å². The van der Waals surface area contributed by atoms with Crippen molar-refractivity contribution in [2.75, 3.05) is 20.2 Å². The molecule has 0 aliphatic carbocycles. The molecule has 210 valence electrons. The van der Waals surface area contributed by atoms with Gasteiger partial charge in [0.05, 0.1) is 13.0 Å². The van der Waals surface area contributed by atoms with Crippen molar-refractivity contribution in [2.24, 2.45) is 16.5 Å². The molecule has 3 aromatic carbocycles. The number of primary amides is 1. The van der Waals surface area contributed by atoms with Crippen LogP contribution >= 0.6 is 0 Å². The zero-order valence-electron chi connectivity index (χ0n) is 22.3. The summed E-state index contributed by atoms with van der Waals surface area (Å²) in [7, 11) is 1.59. The van der Waals surface area contributed by atoms with Gasteiger partial charge in [0.2, 0.25) is 11.8 Å². The number of carbonyl (C=O) groups excluding carboxylic acids is 2. The number of amides is 2. The standard InChI is InChI=1S/C29H34N6O5/c1-40-24-16-14-21(15-17-24)18-20-34(25(27(30)36)13-8-19-32-29(31)33-35(38)39)28(37)26(22-9-4-2-5-10-22)23-11-6-3-7-12-23/h2-7,9-12,14-17,25-26H,8,13,18-20H2,1H3,(H2,30,36)(H3,31,32,33)/t25-/m0/s1. The lowest BCUT2D eigenvalue weighted by Crippen LogP contribution is -2.50. The summed E-state index contributed by atoms with van der Waals surface area (Å²) in [6.45, 7) is 0.348. The van der Waals surface area contributed by atoms with E-state index >= 15 is 0 Å². The molecule has 0 spiro atoms. The van der Waals surface area contributed by atoms with E-state index in [1.807, 2.05) is 84.9 Å². The molecule has 0 heterocycles. The quantitative estimate of drug-likeness (QED) is 0.0919. The minimum atomic E-state index is -0.930. The van der Waals surface area contributed by atoms with Crippen molar-refractivity contribution >= 4 is 17.8 Å². The molecule has 0 saturated carbocycles. The predicted octanol–water partition coefficient (Wildman–Crippen LogP) is 2.63. The Morgan fingerprint density at radius 2 is 1.55 bits per heavy atom. The van der Waals surface area contributed by atoms with Crippen LogP contribution in [-0.2, 0) is 16.0 Å². The highest BCUT2D eigenvalue weighted by molar-refractivity contribution is 5.92. The second-order valence-corrected chi connectivity index (χ2v) is 9.08. The van der Waals surface area contributed by atoms with Crippen LogP contribution in [0, 0.1) is 10.1 Å². The van der Waals surface area contributed by atoms with Crippen molar-refractivity contribution in [3.8, 4) is 5.75 Å². The molecule has 11 heteroatoms. The van der Waals surface area contributed by atoms with Crippen LogP contribution in [0.25, 0.3) is 0 Å². The van der Waals surface area contributed by atoms with Crippen LogP contribution in [0.1, 0.15) is 35.4 Å². The number of methoxy groups -OCH3 is 1. The molecule has 40 heavy (non-hydrogen) atoms. The van der Waals surface area contributed by atoms with Gasteiger partial charge >= 0.3 is 0 Å². The molecule has 3 aromatic rings. The van der Waals surface area contributed by atoms with E-state index in [1.54, 1.807) is 17.4 Å². The molecule has 0 fully saturated rings. The molecule has 1 atom stereocenters. The number of nitro groups is 1. The zero-order chi connectivity index (χ0) is 28.9. The van der Waals surface area contributed by atoms with E-state index < -0.39 is 22.9 Å². The Balaban J connectivity index is 1.92. The van der Waals surface area contributed by atoms with Crippen molar-refractivity contribution in [2.45, 2.75) is 31.2 Å². The van der Waals surface area contributed by atoms with Crippen molar-refractivity contribution in [1.29, 1.82) is 0 Å². The van der Waals surface area contributed by atoms with Crippen molar-refractivity contribution in [1.82, 2.24) is 10.3 Å². The van der Waals surface area contributed by atoms with Crippen LogP contribution in [0.15, 0.2) is 89.9 Å². The predicted molar refractivity (Wildman–Crippen MR) is 152 cm³/mol. The Hall–Kier alpha value is -4.93. The minimum absolute atomic E-state index is 0.109. The molecular weight excluding hydrogens is 512 g/mol. The summed E-state index contributed by atoms with van der Waals surface area (Å²) in [6.07, 6.45) is 1.00. The van der Waals surface area contributed by atoms with Gasteiger partial charge in [-0.3, -0.25) is 9.59 Å². The maximum absolute atomic E-state index is 14.3. The Kier molecular flexibility index (Phi) is 11.0. The summed E-state index contributed by atoms with van der Waals surface area (Å²) >= 11 is 0. The van der Waals surface area contributed by atoms with Gasteiger partial charge in [-0.2, -0.15) is 0 Å². The van der Waals surface area contributed by atoms with Gasteiger partial charge in [-0.15, -0.1) is 0 Å². The lowest BCUT2D eigenvalue weighted by atomic mass is 9.89. The number of benzene rings is 3. The Morgan fingerprint density at radius 3 is 2.05 bits per heavy atom. The second-order valence-electron chi connectivity index (χ2n) is 9.08. The van der Waals surface area contributed by atoms with Crippen LogP contribution in [0.2, 0.25) is 0 Å². The summed E-state index contributed by atoms with van der Waals surface area (Å²) in [5.41, 5.74) is 15.7. The number of nitrogens with zero attached hydrogens (tertiary/aromatic N) is 3. The van der Waals surface area contributed by atoms with E-state index in [0.29, 0.717) is 18.6 Å². The van der Waals surface area contributed by atoms with Gasteiger partial charge in [0, 0.05) is 13.1 Å². The molecule has 0 radical (unpaired) electrons. The highest BCUT2D eigenvalue weighted by atomic mass is 16.7. The molecule has 0 saturated heterocycles. The van der Waals surface area contributed by atoms with Crippen LogP contribution in [0.4, 0.5) is 0 Å². The third kappa shape index (κ3) is 8.55. The molecule has 11 nitrogen and oxygen atoms in total. The first-order valence-corrected chi connectivity index (χ1v) is 12.8. The number of aliphatic imine (C=N–C) groups is 1. The molecule has 5 N–H and O–H groups in total. The maximum atomic E-state index is 14.3. The first kappa shape index (κ1) is 29.6. The fraction of sp³-hybridized carbons (Fsp3) is 0.276. The van der Waals surface area contributed by atoms with Crippen LogP contribution in [-0.4, -0.2) is 53.9 Å². The maximum Gasteiger partial charge on any atom is 0.251 e. The van der Waals surface area contributed by atoms with Gasteiger partial charge in [-0.05, 0) is 48.1 Å². The number of nitrogens with one attached hydrogen (secondary N) is 1. The summed E-state index contributed by atoms with van der Waals surface area (Å²) in [5, 5.41) is 9.74. The number of hydrogen-bond donors (Lipinski definition) is 3. The average molecular weight is 547 g/mol. The fourth-order valence-electron chi connectivity index (χ4n) is 4.46. The van der Waals surface area contributed by atoms with E-state index in [2.05, 4.69) is 4.99 Å². The van der Waals surface area contributed by atoms with Gasteiger partial charge < -0.3 is 21.1 Å². The second kappa shape index (κ2) is 14.9. The summed E-state index contributed by atoms with van der Waals surface area (Å²) in [5.74, 6) is -1.19. The number of hydrogen-bond acceptors (Lipinski definition) is 6. The summed E-state index contributed by atoms with van der Waals surface area (Å²) in [6, 6.07) is 25.3. The normalized spacial score (nSPS) is 12.0. The topological polar surface area (TPSA) is 166 Å². The highest BCUT2D eigenvalue weighted by Crippen LogP contribution is 2.28. The van der Waals surface area contributed by atoms with E-state index in [4.69, 9.17) is 16.2 Å². The number of rotatable bonds is 14. The number of guanidine groups is 1. The minimum Gasteiger partial charge on any atom is -0.497 e. The van der Waals surface area contributed by atoms with Crippen LogP contribution < -0.4 is 21.6 Å². The van der Waals surface area contributed by atoms with Crippen LogP contribution in [0.5, 0.6) is 5.75 Å². The lowest BCUT2D eigenvalue weighted by Gasteiger charge is -2.33. The molecule has 3 rings (SSSR count). The van der Waals surface area contributed by atoms with Gasteiger partial charge in [-0.25, -0.2) is 15.1 Å². The first-order chi connectivity index (χ1) is 19.3. The van der Waals surface area contributed by atoms with Crippen LogP contribution in [0.3, 0.4) is 0 Å². The zero-order valence-corrected chi connectivity index (χ0v) is 22.3. The van der Waals surface area contributed by atoms with E-state index in [-0.39, 0.29) is 31.4 Å². The first-order valence-electron chi connectivity index (χ1n) is 12.8. The molecule has 0 unspecified atom stereocenters. The third-order valence-corrected chi connectivity index (χ3v) is 6.42. The number of hydrazine groups is 1. The molecule has 0 bridgehead atoms. The molecular formula is C29H34N6O5.